The van der Waals surface area contributed by atoms with E-state index < -0.39 is 0 Å². The SMILES string of the molecule is O=c1cccnn1Cc1cccnc1Cl. The summed E-state index contributed by atoms with van der Waals surface area (Å²) in [7, 11) is 0. The summed E-state index contributed by atoms with van der Waals surface area (Å²) in [5.41, 5.74) is 0.623. The molecule has 2 rings (SSSR count). The average Bonchev–Trinajstić information content (AvgIpc) is 2.24. The van der Waals surface area contributed by atoms with Gasteiger partial charge in [-0.15, -0.1) is 0 Å². The molecule has 2 aromatic heterocycles. The molecule has 0 saturated heterocycles. The lowest BCUT2D eigenvalue weighted by Gasteiger charge is -2.04. The molecule has 0 spiro atoms. The Hall–Kier alpha value is -1.68. The van der Waals surface area contributed by atoms with E-state index in [0.29, 0.717) is 11.7 Å². The van der Waals surface area contributed by atoms with E-state index in [1.54, 1.807) is 24.5 Å². The second kappa shape index (κ2) is 4.23. The molecule has 0 radical (unpaired) electrons. The van der Waals surface area contributed by atoms with E-state index in [9.17, 15) is 4.79 Å². The third-order valence-electron chi connectivity index (χ3n) is 1.94. The minimum Gasteiger partial charge on any atom is -0.268 e. The molecule has 0 aliphatic rings. The fourth-order valence-electron chi connectivity index (χ4n) is 1.20. The molecule has 15 heavy (non-hydrogen) atoms. The fourth-order valence-corrected chi connectivity index (χ4v) is 1.38. The van der Waals surface area contributed by atoms with Gasteiger partial charge in [-0.2, -0.15) is 5.10 Å². The third kappa shape index (κ3) is 2.22. The highest BCUT2D eigenvalue weighted by molar-refractivity contribution is 6.30. The number of halogens is 1. The van der Waals surface area contributed by atoms with Crippen LogP contribution in [0.15, 0.2) is 41.5 Å². The predicted molar refractivity (Wildman–Crippen MR) is 56.8 cm³/mol. The van der Waals surface area contributed by atoms with Gasteiger partial charge in [0.25, 0.3) is 5.56 Å². The van der Waals surface area contributed by atoms with E-state index >= 15 is 0 Å². The Labute approximate surface area is 91.2 Å². The first kappa shape index (κ1) is 9.86. The molecule has 0 aliphatic heterocycles. The van der Waals surface area contributed by atoms with Gasteiger partial charge in [0, 0.05) is 24.0 Å². The van der Waals surface area contributed by atoms with E-state index in [2.05, 4.69) is 10.1 Å². The molecule has 0 N–H and O–H groups in total. The van der Waals surface area contributed by atoms with E-state index in [4.69, 9.17) is 11.6 Å². The zero-order valence-corrected chi connectivity index (χ0v) is 8.55. The highest BCUT2D eigenvalue weighted by atomic mass is 35.5. The summed E-state index contributed by atoms with van der Waals surface area (Å²) >= 11 is 5.87. The van der Waals surface area contributed by atoms with Crippen molar-refractivity contribution in [2.24, 2.45) is 0 Å². The first-order valence-corrected chi connectivity index (χ1v) is 4.77. The Bertz CT molecular complexity index is 524. The molecule has 5 heteroatoms. The van der Waals surface area contributed by atoms with Crippen LogP contribution in [-0.2, 0) is 6.54 Å². The summed E-state index contributed by atoms with van der Waals surface area (Å²) in [6.45, 7) is 0.340. The van der Waals surface area contributed by atoms with Crippen molar-refractivity contribution in [1.82, 2.24) is 14.8 Å². The minimum absolute atomic E-state index is 0.155. The molecule has 0 saturated carbocycles. The van der Waals surface area contributed by atoms with Gasteiger partial charge in [0.05, 0.1) is 6.54 Å². The molecule has 76 valence electrons. The van der Waals surface area contributed by atoms with Crippen molar-refractivity contribution in [3.05, 3.63) is 57.7 Å². The van der Waals surface area contributed by atoms with Crippen molar-refractivity contribution in [2.75, 3.05) is 0 Å². The molecule has 0 fully saturated rings. The maximum atomic E-state index is 11.4. The van der Waals surface area contributed by atoms with Gasteiger partial charge in [-0.25, -0.2) is 9.67 Å². The Morgan fingerprint density at radius 2 is 2.07 bits per heavy atom. The normalized spacial score (nSPS) is 10.2. The average molecular weight is 222 g/mol. The number of aromatic nitrogens is 3. The molecule has 0 unspecified atom stereocenters. The van der Waals surface area contributed by atoms with Crippen LogP contribution in [-0.4, -0.2) is 14.8 Å². The van der Waals surface area contributed by atoms with Crippen molar-refractivity contribution < 1.29 is 0 Å². The van der Waals surface area contributed by atoms with Crippen LogP contribution in [0.2, 0.25) is 5.15 Å². The van der Waals surface area contributed by atoms with Crippen LogP contribution in [0.3, 0.4) is 0 Å². The lowest BCUT2D eigenvalue weighted by molar-refractivity contribution is 0.637. The van der Waals surface area contributed by atoms with Gasteiger partial charge in [-0.05, 0) is 12.1 Å². The van der Waals surface area contributed by atoms with Crippen molar-refractivity contribution in [2.45, 2.75) is 6.54 Å². The zero-order chi connectivity index (χ0) is 10.7. The molecular weight excluding hydrogens is 214 g/mol. The topological polar surface area (TPSA) is 47.8 Å². The highest BCUT2D eigenvalue weighted by Gasteiger charge is 2.02. The summed E-state index contributed by atoms with van der Waals surface area (Å²) in [5.74, 6) is 0. The lowest BCUT2D eigenvalue weighted by atomic mass is 10.3. The Morgan fingerprint density at radius 1 is 1.27 bits per heavy atom. The van der Waals surface area contributed by atoms with Crippen LogP contribution in [0.4, 0.5) is 0 Å². The van der Waals surface area contributed by atoms with Crippen LogP contribution in [0.25, 0.3) is 0 Å². The lowest BCUT2D eigenvalue weighted by Crippen LogP contribution is -2.21. The molecule has 0 aliphatic carbocycles. The second-order valence-corrected chi connectivity index (χ2v) is 3.33. The van der Waals surface area contributed by atoms with Crippen LogP contribution >= 0.6 is 11.6 Å². The first-order chi connectivity index (χ1) is 7.27. The molecule has 2 aromatic rings. The minimum atomic E-state index is -0.155. The predicted octanol–water partition coefficient (Wildman–Crippen LogP) is 1.34. The van der Waals surface area contributed by atoms with E-state index in [1.807, 2.05) is 6.07 Å². The monoisotopic (exact) mass is 221 g/mol. The van der Waals surface area contributed by atoms with E-state index in [0.717, 1.165) is 5.56 Å². The number of hydrogen-bond acceptors (Lipinski definition) is 3. The molecule has 2 heterocycles. The molecule has 4 nitrogen and oxygen atoms in total. The van der Waals surface area contributed by atoms with Crippen molar-refractivity contribution in [3.8, 4) is 0 Å². The van der Waals surface area contributed by atoms with Crippen molar-refractivity contribution >= 4 is 11.6 Å². The van der Waals surface area contributed by atoms with E-state index in [-0.39, 0.29) is 5.56 Å². The molecule has 0 amide bonds. The summed E-state index contributed by atoms with van der Waals surface area (Å²) in [6, 6.07) is 6.65. The number of hydrogen-bond donors (Lipinski definition) is 0. The van der Waals surface area contributed by atoms with Gasteiger partial charge in [-0.1, -0.05) is 17.7 Å². The smallest absolute Gasteiger partial charge is 0.267 e. The van der Waals surface area contributed by atoms with Crippen molar-refractivity contribution in [3.63, 3.8) is 0 Å². The van der Waals surface area contributed by atoms with Crippen LogP contribution in [0, 0.1) is 0 Å². The molecule has 0 atom stereocenters. The van der Waals surface area contributed by atoms with Crippen molar-refractivity contribution in [1.29, 1.82) is 0 Å². The Kier molecular flexibility index (Phi) is 2.78. The fraction of sp³-hybridized carbons (Fsp3) is 0.100. The number of pyridine rings is 1. The highest BCUT2D eigenvalue weighted by Crippen LogP contribution is 2.11. The maximum Gasteiger partial charge on any atom is 0.267 e. The summed E-state index contributed by atoms with van der Waals surface area (Å²) < 4.78 is 1.34. The Morgan fingerprint density at radius 3 is 2.80 bits per heavy atom. The third-order valence-corrected chi connectivity index (χ3v) is 2.28. The molecular formula is C10H8ClN3O. The van der Waals surface area contributed by atoms with Gasteiger partial charge in [0.15, 0.2) is 0 Å². The first-order valence-electron chi connectivity index (χ1n) is 4.39. The zero-order valence-electron chi connectivity index (χ0n) is 7.80. The van der Waals surface area contributed by atoms with Gasteiger partial charge >= 0.3 is 0 Å². The molecule has 0 bridgehead atoms. The van der Waals surface area contributed by atoms with Gasteiger partial charge in [-0.3, -0.25) is 4.79 Å². The van der Waals surface area contributed by atoms with Gasteiger partial charge in [0.1, 0.15) is 5.15 Å². The Balaban J connectivity index is 2.34. The number of rotatable bonds is 2. The van der Waals surface area contributed by atoms with Gasteiger partial charge in [0.2, 0.25) is 0 Å². The van der Waals surface area contributed by atoms with E-state index in [1.165, 1.54) is 10.7 Å². The van der Waals surface area contributed by atoms with Gasteiger partial charge < -0.3 is 0 Å². The largest absolute Gasteiger partial charge is 0.268 e. The van der Waals surface area contributed by atoms with Crippen LogP contribution in [0.1, 0.15) is 5.56 Å². The summed E-state index contributed by atoms with van der Waals surface area (Å²) in [4.78, 5) is 15.3. The summed E-state index contributed by atoms with van der Waals surface area (Å²) in [5, 5.41) is 4.33. The maximum absolute atomic E-state index is 11.4. The van der Waals surface area contributed by atoms with Crippen LogP contribution in [0.5, 0.6) is 0 Å². The number of nitrogens with zero attached hydrogens (tertiary/aromatic N) is 3. The van der Waals surface area contributed by atoms with Crippen LogP contribution < -0.4 is 5.56 Å². The second-order valence-electron chi connectivity index (χ2n) is 2.97. The molecule has 0 aromatic carbocycles. The standard InChI is InChI=1S/C10H8ClN3O/c11-10-8(3-1-5-12-10)7-14-9(15)4-2-6-13-14/h1-6H,7H2. The quantitative estimate of drug-likeness (QED) is 0.719. The summed E-state index contributed by atoms with van der Waals surface area (Å²) in [6.07, 6.45) is 3.17.